The number of piperidine rings is 1. The van der Waals surface area contributed by atoms with Crippen LogP contribution in [0.2, 0.25) is 0 Å². The number of aromatic nitrogens is 2. The lowest BCUT2D eigenvalue weighted by molar-refractivity contribution is -0.122. The maximum atomic E-state index is 13.6. The van der Waals surface area contributed by atoms with Gasteiger partial charge < -0.3 is 10.2 Å². The second-order valence-electron chi connectivity index (χ2n) is 8.83. The van der Waals surface area contributed by atoms with Gasteiger partial charge in [-0.2, -0.15) is 5.10 Å². The molecule has 6 nitrogen and oxygen atoms in total. The number of carbonyl (C=O) groups excluding carboxylic acids is 2. The van der Waals surface area contributed by atoms with Gasteiger partial charge >= 0.3 is 0 Å². The van der Waals surface area contributed by atoms with Crippen molar-refractivity contribution in [2.75, 3.05) is 19.6 Å². The van der Waals surface area contributed by atoms with Crippen molar-refractivity contribution in [3.8, 4) is 16.9 Å². The van der Waals surface area contributed by atoms with Gasteiger partial charge in [0, 0.05) is 37.8 Å². The van der Waals surface area contributed by atoms with Crippen molar-refractivity contribution in [3.05, 3.63) is 71.9 Å². The average molecular weight is 445 g/mol. The number of rotatable bonds is 7. The molecular formula is C27H32N4O2. The van der Waals surface area contributed by atoms with Crippen molar-refractivity contribution >= 4 is 11.8 Å². The molecule has 2 amide bonds. The van der Waals surface area contributed by atoms with Crippen molar-refractivity contribution in [1.82, 2.24) is 20.0 Å². The first-order valence-corrected chi connectivity index (χ1v) is 11.8. The maximum absolute atomic E-state index is 13.6. The molecule has 33 heavy (non-hydrogen) atoms. The van der Waals surface area contributed by atoms with Crippen LogP contribution in [0, 0.1) is 12.8 Å². The van der Waals surface area contributed by atoms with Crippen LogP contribution in [-0.4, -0.2) is 46.1 Å². The third-order valence-corrected chi connectivity index (χ3v) is 6.20. The highest BCUT2D eigenvalue weighted by molar-refractivity contribution is 6.00. The minimum Gasteiger partial charge on any atom is -0.356 e. The third kappa shape index (κ3) is 5.51. The van der Waals surface area contributed by atoms with Crippen LogP contribution in [0.25, 0.3) is 16.9 Å². The van der Waals surface area contributed by atoms with E-state index in [0.717, 1.165) is 42.6 Å². The van der Waals surface area contributed by atoms with Gasteiger partial charge in [-0.25, -0.2) is 4.68 Å². The fourth-order valence-electron chi connectivity index (χ4n) is 4.36. The smallest absolute Gasteiger partial charge is 0.257 e. The standard InChI is InChI=1S/C27H32N4O2/c1-3-14-28-25(32)18-21-12-15-30(16-13-21)27(33)24-19-31(23-10-5-4-6-11-23)29-26(24)22-9-7-8-20(2)17-22/h4-11,17,19,21H,3,12-16,18H2,1-2H3,(H,28,32). The van der Waals surface area contributed by atoms with Gasteiger partial charge in [0.2, 0.25) is 5.91 Å². The molecule has 1 aliphatic rings. The zero-order valence-corrected chi connectivity index (χ0v) is 19.5. The summed E-state index contributed by atoms with van der Waals surface area (Å²) in [6.45, 7) is 6.14. The van der Waals surface area contributed by atoms with Gasteiger partial charge in [-0.3, -0.25) is 9.59 Å². The number of carbonyl (C=O) groups is 2. The van der Waals surface area contributed by atoms with Gasteiger partial charge in [0.15, 0.2) is 0 Å². The number of hydrogen-bond acceptors (Lipinski definition) is 3. The highest BCUT2D eigenvalue weighted by Gasteiger charge is 2.28. The topological polar surface area (TPSA) is 67.2 Å². The molecule has 1 N–H and O–H groups in total. The van der Waals surface area contributed by atoms with E-state index in [1.807, 2.05) is 66.6 Å². The normalized spacial score (nSPS) is 14.3. The number of benzene rings is 2. The van der Waals surface area contributed by atoms with Gasteiger partial charge in [-0.15, -0.1) is 0 Å². The zero-order chi connectivity index (χ0) is 23.2. The first-order valence-electron chi connectivity index (χ1n) is 11.8. The molecule has 0 radical (unpaired) electrons. The molecule has 4 rings (SSSR count). The highest BCUT2D eigenvalue weighted by Crippen LogP contribution is 2.28. The number of nitrogens with one attached hydrogen (secondary N) is 1. The highest BCUT2D eigenvalue weighted by atomic mass is 16.2. The van der Waals surface area contributed by atoms with Gasteiger partial charge in [-0.05, 0) is 50.3 Å². The molecule has 1 aliphatic heterocycles. The molecule has 0 aliphatic carbocycles. The Labute approximate surface area is 195 Å². The summed E-state index contributed by atoms with van der Waals surface area (Å²) >= 11 is 0. The molecule has 0 bridgehead atoms. The molecule has 2 heterocycles. The fourth-order valence-corrected chi connectivity index (χ4v) is 4.36. The third-order valence-electron chi connectivity index (χ3n) is 6.20. The molecule has 0 spiro atoms. The quantitative estimate of drug-likeness (QED) is 0.578. The van der Waals surface area contributed by atoms with E-state index in [1.54, 1.807) is 4.68 Å². The Kier molecular flexibility index (Phi) is 7.23. The number of likely N-dealkylation sites (tertiary alicyclic amines) is 1. The summed E-state index contributed by atoms with van der Waals surface area (Å²) in [5, 5.41) is 7.76. The van der Waals surface area contributed by atoms with Crippen molar-refractivity contribution < 1.29 is 9.59 Å². The Morgan fingerprint density at radius 1 is 1.06 bits per heavy atom. The van der Waals surface area contributed by atoms with Crippen LogP contribution in [0.15, 0.2) is 60.8 Å². The number of hydrogen-bond donors (Lipinski definition) is 1. The van der Waals surface area contributed by atoms with E-state index < -0.39 is 0 Å². The molecule has 6 heteroatoms. The van der Waals surface area contributed by atoms with Crippen LogP contribution >= 0.6 is 0 Å². The van der Waals surface area contributed by atoms with Gasteiger partial charge in [-0.1, -0.05) is 48.9 Å². The summed E-state index contributed by atoms with van der Waals surface area (Å²) in [6.07, 6.45) is 5.02. The lowest BCUT2D eigenvalue weighted by atomic mass is 9.92. The van der Waals surface area contributed by atoms with Crippen molar-refractivity contribution in [2.45, 2.75) is 39.5 Å². The van der Waals surface area contributed by atoms with E-state index in [9.17, 15) is 9.59 Å². The van der Waals surface area contributed by atoms with E-state index in [-0.39, 0.29) is 11.8 Å². The first kappa shape index (κ1) is 22.8. The maximum Gasteiger partial charge on any atom is 0.257 e. The summed E-state index contributed by atoms with van der Waals surface area (Å²) in [7, 11) is 0. The lowest BCUT2D eigenvalue weighted by Gasteiger charge is -2.31. The minimum atomic E-state index is 0.00238. The summed E-state index contributed by atoms with van der Waals surface area (Å²) in [6, 6.07) is 18.0. The van der Waals surface area contributed by atoms with E-state index >= 15 is 0 Å². The molecule has 2 aromatic carbocycles. The van der Waals surface area contributed by atoms with Gasteiger partial charge in [0.25, 0.3) is 5.91 Å². The zero-order valence-electron chi connectivity index (χ0n) is 19.5. The van der Waals surface area contributed by atoms with E-state index in [2.05, 4.69) is 18.3 Å². The van der Waals surface area contributed by atoms with Gasteiger partial charge in [0.05, 0.1) is 11.3 Å². The molecule has 0 unspecified atom stereocenters. The lowest BCUT2D eigenvalue weighted by Crippen LogP contribution is -2.39. The second-order valence-corrected chi connectivity index (χ2v) is 8.83. The molecular weight excluding hydrogens is 412 g/mol. The molecule has 1 fully saturated rings. The number of aryl methyl sites for hydroxylation is 1. The van der Waals surface area contributed by atoms with E-state index in [0.29, 0.717) is 36.7 Å². The Hall–Kier alpha value is -3.41. The Morgan fingerprint density at radius 3 is 2.52 bits per heavy atom. The van der Waals surface area contributed by atoms with Crippen LogP contribution < -0.4 is 5.32 Å². The Morgan fingerprint density at radius 2 is 1.82 bits per heavy atom. The predicted molar refractivity (Wildman–Crippen MR) is 130 cm³/mol. The van der Waals surface area contributed by atoms with Crippen LogP contribution in [-0.2, 0) is 4.79 Å². The van der Waals surface area contributed by atoms with Crippen molar-refractivity contribution in [2.24, 2.45) is 5.92 Å². The van der Waals surface area contributed by atoms with Crippen LogP contribution in [0.5, 0.6) is 0 Å². The largest absolute Gasteiger partial charge is 0.356 e. The van der Waals surface area contributed by atoms with E-state index in [1.165, 1.54) is 0 Å². The van der Waals surface area contributed by atoms with Crippen molar-refractivity contribution in [3.63, 3.8) is 0 Å². The molecule has 0 saturated carbocycles. The fraction of sp³-hybridized carbons (Fsp3) is 0.370. The second kappa shape index (κ2) is 10.5. The molecule has 0 atom stereocenters. The average Bonchev–Trinajstić information content (AvgIpc) is 3.29. The van der Waals surface area contributed by atoms with Gasteiger partial charge in [0.1, 0.15) is 5.69 Å². The molecule has 1 saturated heterocycles. The monoisotopic (exact) mass is 444 g/mol. The SMILES string of the molecule is CCCNC(=O)CC1CCN(C(=O)c2cn(-c3ccccc3)nc2-c2cccc(C)c2)CC1. The molecule has 3 aromatic rings. The van der Waals surface area contributed by atoms with Crippen molar-refractivity contribution in [1.29, 1.82) is 0 Å². The Balaban J connectivity index is 1.53. The first-order chi connectivity index (χ1) is 16.0. The predicted octanol–water partition coefficient (Wildman–Crippen LogP) is 4.62. The summed E-state index contributed by atoms with van der Waals surface area (Å²) in [5.74, 6) is 0.448. The molecule has 1 aromatic heterocycles. The number of para-hydroxylation sites is 1. The summed E-state index contributed by atoms with van der Waals surface area (Å²) in [4.78, 5) is 27.6. The van der Waals surface area contributed by atoms with Crippen LogP contribution in [0.3, 0.4) is 0 Å². The minimum absolute atomic E-state index is 0.00238. The Bertz CT molecular complexity index is 1100. The van der Waals surface area contributed by atoms with Crippen LogP contribution in [0.4, 0.5) is 0 Å². The molecule has 172 valence electrons. The number of nitrogens with zero attached hydrogens (tertiary/aromatic N) is 3. The van der Waals surface area contributed by atoms with E-state index in [4.69, 9.17) is 5.10 Å². The van der Waals surface area contributed by atoms with Crippen LogP contribution in [0.1, 0.15) is 48.5 Å². The summed E-state index contributed by atoms with van der Waals surface area (Å²) in [5.41, 5.74) is 4.30. The number of amides is 2. The summed E-state index contributed by atoms with van der Waals surface area (Å²) < 4.78 is 1.79.